The highest BCUT2D eigenvalue weighted by atomic mass is 35.5. The Bertz CT molecular complexity index is 1770. The first-order valence-corrected chi connectivity index (χ1v) is 14.9. The monoisotopic (exact) mass is 596 g/mol. The van der Waals surface area contributed by atoms with E-state index in [4.69, 9.17) is 31.8 Å². The Kier molecular flexibility index (Phi) is 6.34. The number of likely N-dealkylation sites (N-methyl/N-ethyl adjacent to an activating group) is 1. The number of hydrogen-bond acceptors (Lipinski definition) is 9. The molecule has 0 atom stereocenters. The second kappa shape index (κ2) is 9.82. The molecule has 0 unspecified atom stereocenters. The lowest BCUT2D eigenvalue weighted by Gasteiger charge is -2.27. The molecule has 8 nitrogen and oxygen atoms in total. The number of nitrogens with two attached hydrogens (primary N) is 1. The van der Waals surface area contributed by atoms with Gasteiger partial charge in [0.25, 0.3) is 0 Å². The van der Waals surface area contributed by atoms with Gasteiger partial charge in [-0.3, -0.25) is 4.90 Å². The Labute approximate surface area is 244 Å². The van der Waals surface area contributed by atoms with E-state index in [-0.39, 0.29) is 59.6 Å². The van der Waals surface area contributed by atoms with Crippen LogP contribution in [0.15, 0.2) is 12.1 Å². The van der Waals surface area contributed by atoms with Crippen molar-refractivity contribution in [1.82, 2.24) is 14.9 Å². The van der Waals surface area contributed by atoms with Crippen molar-refractivity contribution >= 4 is 54.7 Å². The number of nitrogens with zero attached hydrogens (tertiary/aromatic N) is 5. The molecule has 12 heteroatoms. The van der Waals surface area contributed by atoms with Crippen LogP contribution in [0.5, 0.6) is 11.8 Å². The van der Waals surface area contributed by atoms with Gasteiger partial charge < -0.3 is 20.1 Å². The van der Waals surface area contributed by atoms with Gasteiger partial charge >= 0.3 is 6.01 Å². The summed E-state index contributed by atoms with van der Waals surface area (Å²) >= 11 is 7.88. The van der Waals surface area contributed by atoms with Crippen molar-refractivity contribution in [3.05, 3.63) is 34.4 Å². The molecule has 4 heterocycles. The van der Waals surface area contributed by atoms with Crippen LogP contribution in [-0.4, -0.2) is 60.3 Å². The van der Waals surface area contributed by atoms with Crippen molar-refractivity contribution in [1.29, 1.82) is 5.26 Å². The Morgan fingerprint density at radius 1 is 1.10 bits per heavy atom. The summed E-state index contributed by atoms with van der Waals surface area (Å²) < 4.78 is 44.1. The maximum atomic E-state index is 16.8. The molecule has 212 valence electrons. The van der Waals surface area contributed by atoms with E-state index in [2.05, 4.69) is 21.8 Å². The molecule has 1 fully saturated rings. The summed E-state index contributed by atoms with van der Waals surface area (Å²) in [6.07, 6.45) is 5.11. The largest absolute Gasteiger partial charge is 0.489 e. The third-order valence-corrected chi connectivity index (χ3v) is 9.97. The van der Waals surface area contributed by atoms with Crippen molar-refractivity contribution in [2.24, 2.45) is 0 Å². The highest BCUT2D eigenvalue weighted by molar-refractivity contribution is 7.23. The Morgan fingerprint density at radius 2 is 1.90 bits per heavy atom. The topological polar surface area (TPSA) is 101 Å². The number of hydrogen-bond donors (Lipinski definition) is 1. The number of benzene rings is 2. The van der Waals surface area contributed by atoms with Gasteiger partial charge in [-0.05, 0) is 50.9 Å². The van der Waals surface area contributed by atoms with E-state index in [9.17, 15) is 9.65 Å². The average molecular weight is 597 g/mol. The number of nitriles is 1. The van der Waals surface area contributed by atoms with E-state index >= 15 is 4.39 Å². The van der Waals surface area contributed by atoms with Gasteiger partial charge in [-0.2, -0.15) is 15.2 Å². The molecular formula is C29H27ClF2N6O2S. The van der Waals surface area contributed by atoms with Crippen LogP contribution in [-0.2, 0) is 0 Å². The summed E-state index contributed by atoms with van der Waals surface area (Å²) in [6.45, 7) is 2.92. The number of anilines is 2. The molecule has 1 aliphatic carbocycles. The summed E-state index contributed by atoms with van der Waals surface area (Å²) in [5, 5.41) is 10.6. The number of nitrogen functional groups attached to an aromatic ring is 1. The predicted molar refractivity (Wildman–Crippen MR) is 156 cm³/mol. The molecule has 3 aliphatic rings. The quantitative estimate of drug-likeness (QED) is 0.280. The maximum Gasteiger partial charge on any atom is 0.319 e. The summed E-state index contributed by atoms with van der Waals surface area (Å²) in [7, 11) is 2.13. The van der Waals surface area contributed by atoms with E-state index in [0.29, 0.717) is 37.5 Å². The van der Waals surface area contributed by atoms with Crippen LogP contribution in [0.2, 0.25) is 5.02 Å². The number of aromatic nitrogens is 2. The van der Waals surface area contributed by atoms with Gasteiger partial charge in [0.05, 0.1) is 32.8 Å². The smallest absolute Gasteiger partial charge is 0.319 e. The minimum absolute atomic E-state index is 0.00134. The lowest BCUT2D eigenvalue weighted by Crippen LogP contribution is -2.39. The van der Waals surface area contributed by atoms with Crippen molar-refractivity contribution in [2.45, 2.75) is 37.6 Å². The first-order valence-electron chi connectivity index (χ1n) is 13.7. The van der Waals surface area contributed by atoms with Crippen molar-refractivity contribution < 1.29 is 18.3 Å². The van der Waals surface area contributed by atoms with E-state index in [1.165, 1.54) is 12.1 Å². The lowest BCUT2D eigenvalue weighted by molar-refractivity contribution is 0.134. The zero-order valence-corrected chi connectivity index (χ0v) is 24.0. The third-order valence-electron chi connectivity index (χ3n) is 8.58. The van der Waals surface area contributed by atoms with Gasteiger partial charge in [-0.1, -0.05) is 24.1 Å². The Balaban J connectivity index is 1.49. The third kappa shape index (κ3) is 4.15. The molecule has 0 saturated heterocycles. The van der Waals surface area contributed by atoms with E-state index in [1.807, 2.05) is 6.07 Å². The molecule has 2 aromatic heterocycles. The van der Waals surface area contributed by atoms with Crippen LogP contribution < -0.4 is 20.1 Å². The number of thiophene rings is 1. The van der Waals surface area contributed by atoms with Gasteiger partial charge in [0.15, 0.2) is 11.6 Å². The molecule has 2 aromatic carbocycles. The van der Waals surface area contributed by atoms with Gasteiger partial charge in [0.2, 0.25) is 0 Å². The molecule has 4 aromatic rings. The summed E-state index contributed by atoms with van der Waals surface area (Å²) in [5.74, 6) is -0.508. The van der Waals surface area contributed by atoms with Crippen LogP contribution in [0, 0.1) is 23.0 Å². The van der Waals surface area contributed by atoms with Crippen molar-refractivity contribution in [2.75, 3.05) is 50.5 Å². The molecule has 2 aliphatic heterocycles. The molecule has 41 heavy (non-hydrogen) atoms. The molecule has 1 saturated carbocycles. The van der Waals surface area contributed by atoms with Crippen LogP contribution in [0.3, 0.4) is 0 Å². The number of fused-ring (bicyclic) bond motifs is 2. The Hall–Kier alpha value is -3.46. The minimum atomic E-state index is -0.725. The predicted octanol–water partition coefficient (Wildman–Crippen LogP) is 6.12. The molecule has 7 rings (SSSR count). The highest BCUT2D eigenvalue weighted by Crippen LogP contribution is 2.51. The van der Waals surface area contributed by atoms with Gasteiger partial charge in [0.1, 0.15) is 41.4 Å². The van der Waals surface area contributed by atoms with Crippen LogP contribution in [0.4, 0.5) is 19.6 Å². The highest BCUT2D eigenvalue weighted by Gasteiger charge is 2.47. The zero-order valence-electron chi connectivity index (χ0n) is 22.4. The summed E-state index contributed by atoms with van der Waals surface area (Å²) in [5.41, 5.74) is 6.27. The Morgan fingerprint density at radius 3 is 2.68 bits per heavy atom. The maximum absolute atomic E-state index is 16.8. The fourth-order valence-corrected chi connectivity index (χ4v) is 7.32. The van der Waals surface area contributed by atoms with E-state index in [0.717, 1.165) is 50.0 Å². The molecular weight excluding hydrogens is 570 g/mol. The van der Waals surface area contributed by atoms with Crippen molar-refractivity contribution in [3.63, 3.8) is 0 Å². The van der Waals surface area contributed by atoms with Gasteiger partial charge in [-0.25, -0.2) is 8.78 Å². The zero-order chi connectivity index (χ0) is 28.5. The van der Waals surface area contributed by atoms with E-state index in [1.54, 1.807) is 0 Å². The number of halogens is 3. The summed E-state index contributed by atoms with van der Waals surface area (Å²) in [4.78, 5) is 13.8. The lowest BCUT2D eigenvalue weighted by atomic mass is 9.96. The fraction of sp³-hybridized carbons (Fsp3) is 0.414. The number of rotatable bonds is 1. The van der Waals surface area contributed by atoms with Crippen LogP contribution in [0.1, 0.15) is 37.7 Å². The molecule has 0 amide bonds. The standard InChI is InChI=1S/C29H27ClF2N6O2S/c1-37-9-3-2-4-10-38-11-12-39-24-20-23(35-28(36-27(20)38)40-14-29(37)7-8-29)22(32)19(21(24)30)15-5-6-17(31)25-18(15)16(13-33)26(34)41-25/h5-6H,2-4,7-12,14,34H2,1H3. The number of ether oxygens (including phenoxy) is 2. The van der Waals surface area contributed by atoms with Gasteiger partial charge in [0, 0.05) is 17.5 Å². The van der Waals surface area contributed by atoms with E-state index < -0.39 is 11.6 Å². The second-order valence-electron chi connectivity index (χ2n) is 11.0. The fourth-order valence-electron chi connectivity index (χ4n) is 6.04. The average Bonchev–Trinajstić information content (AvgIpc) is 3.71. The summed E-state index contributed by atoms with van der Waals surface area (Å²) in [6, 6.07) is 4.76. The molecule has 2 bridgehead atoms. The first kappa shape index (κ1) is 26.4. The van der Waals surface area contributed by atoms with Crippen LogP contribution in [0.25, 0.3) is 32.1 Å². The van der Waals surface area contributed by atoms with Crippen LogP contribution >= 0.6 is 22.9 Å². The SMILES string of the molecule is CN1CCCCCN2CCOc3c(Cl)c(-c4ccc(F)c5sc(N)c(C#N)c45)c(F)c4nc(nc2c34)OCC12CC2. The normalized spacial score (nSPS) is 18.8. The second-order valence-corrected chi connectivity index (χ2v) is 12.4. The molecule has 2 N–H and O–H groups in total. The minimum Gasteiger partial charge on any atom is -0.489 e. The molecule has 0 radical (unpaired) electrons. The van der Waals surface area contributed by atoms with Gasteiger partial charge in [-0.15, -0.1) is 11.3 Å². The first-order chi connectivity index (χ1) is 19.8. The molecule has 1 spiro atoms. The van der Waals surface area contributed by atoms with Crippen molar-refractivity contribution in [3.8, 4) is 29.0 Å².